The predicted octanol–water partition coefficient (Wildman–Crippen LogP) is 13.4. The number of nitrogens with zero attached hydrogens (tertiary/aromatic N) is 1. The van der Waals surface area contributed by atoms with Gasteiger partial charge in [0.2, 0.25) is 0 Å². The highest BCUT2D eigenvalue weighted by atomic mass is 16.3. The highest BCUT2D eigenvalue weighted by Gasteiger charge is 2.17. The summed E-state index contributed by atoms with van der Waals surface area (Å²) in [6, 6.07) is 67.5. The van der Waals surface area contributed by atoms with Crippen LogP contribution in [-0.4, -0.2) is 4.57 Å². The van der Waals surface area contributed by atoms with Crippen LogP contribution in [-0.2, 0) is 0 Å². The minimum absolute atomic E-state index is 0.905. The zero-order valence-electron chi connectivity index (χ0n) is 27.3. The summed E-state index contributed by atoms with van der Waals surface area (Å²) >= 11 is 0. The lowest BCUT2D eigenvalue weighted by atomic mass is 9.91. The first-order chi connectivity index (χ1) is 24.8. The number of para-hydroxylation sites is 4. The third kappa shape index (κ3) is 4.65. The molecule has 0 aliphatic carbocycles. The van der Waals surface area contributed by atoms with Gasteiger partial charge in [-0.15, -0.1) is 0 Å². The summed E-state index contributed by atoms with van der Waals surface area (Å²) in [6.07, 6.45) is 0. The summed E-state index contributed by atoms with van der Waals surface area (Å²) in [5.74, 6) is 0. The molecule has 2 heteroatoms. The van der Waals surface area contributed by atoms with Gasteiger partial charge in [-0.1, -0.05) is 140 Å². The molecule has 0 bridgehead atoms. The third-order valence-corrected chi connectivity index (χ3v) is 10.00. The molecule has 2 aromatic heterocycles. The van der Waals surface area contributed by atoms with Gasteiger partial charge < -0.3 is 8.98 Å². The molecule has 0 amide bonds. The Bertz CT molecular complexity index is 2840. The van der Waals surface area contributed by atoms with E-state index in [2.05, 4.69) is 187 Å². The second-order valence-electron chi connectivity index (χ2n) is 12.9. The van der Waals surface area contributed by atoms with E-state index >= 15 is 0 Å². The van der Waals surface area contributed by atoms with Gasteiger partial charge in [-0.25, -0.2) is 0 Å². The Balaban J connectivity index is 1.20. The highest BCUT2D eigenvalue weighted by molar-refractivity contribution is 6.11. The first-order valence-corrected chi connectivity index (χ1v) is 17.1. The summed E-state index contributed by atoms with van der Waals surface area (Å²) in [5.41, 5.74) is 14.6. The fraction of sp³-hybridized carbons (Fsp3) is 0. The lowest BCUT2D eigenvalue weighted by Crippen LogP contribution is -1.93. The summed E-state index contributed by atoms with van der Waals surface area (Å²) < 4.78 is 8.93. The van der Waals surface area contributed by atoms with Gasteiger partial charge in [-0.05, 0) is 87.5 Å². The van der Waals surface area contributed by atoms with Gasteiger partial charge in [-0.2, -0.15) is 0 Å². The van der Waals surface area contributed by atoms with E-state index < -0.39 is 0 Å². The summed E-state index contributed by atoms with van der Waals surface area (Å²) in [6.45, 7) is 0. The van der Waals surface area contributed by atoms with Crippen molar-refractivity contribution >= 4 is 43.7 Å². The molecule has 0 saturated heterocycles. The van der Waals surface area contributed by atoms with Gasteiger partial charge in [0, 0.05) is 32.8 Å². The topological polar surface area (TPSA) is 18.1 Å². The number of hydrogen-bond acceptors (Lipinski definition) is 1. The number of benzene rings is 8. The maximum absolute atomic E-state index is 6.55. The molecule has 0 radical (unpaired) electrons. The number of fused-ring (bicyclic) bond motifs is 6. The van der Waals surface area contributed by atoms with E-state index in [1.165, 1.54) is 44.1 Å². The second-order valence-corrected chi connectivity index (χ2v) is 12.9. The van der Waals surface area contributed by atoms with Crippen LogP contribution in [0.3, 0.4) is 0 Å². The molecular weight excluding hydrogens is 607 g/mol. The number of rotatable bonds is 5. The van der Waals surface area contributed by atoms with Crippen LogP contribution in [0.2, 0.25) is 0 Å². The van der Waals surface area contributed by atoms with Crippen LogP contribution < -0.4 is 0 Å². The first-order valence-electron chi connectivity index (χ1n) is 17.1. The molecule has 2 nitrogen and oxygen atoms in total. The van der Waals surface area contributed by atoms with Crippen LogP contribution in [0, 0.1) is 0 Å². The summed E-state index contributed by atoms with van der Waals surface area (Å²) in [4.78, 5) is 0. The lowest BCUT2D eigenvalue weighted by molar-refractivity contribution is 0.670. The number of hydrogen-bond donors (Lipinski definition) is 0. The largest absolute Gasteiger partial charge is 0.455 e. The zero-order chi connectivity index (χ0) is 33.0. The quantitative estimate of drug-likeness (QED) is 0.184. The summed E-state index contributed by atoms with van der Waals surface area (Å²) in [5, 5.41) is 4.76. The highest BCUT2D eigenvalue weighted by Crippen LogP contribution is 2.41. The zero-order valence-corrected chi connectivity index (χ0v) is 27.3. The van der Waals surface area contributed by atoms with Gasteiger partial charge in [-0.3, -0.25) is 0 Å². The number of aromatic nitrogens is 1. The Labute approximate surface area is 290 Å². The van der Waals surface area contributed by atoms with E-state index in [4.69, 9.17) is 4.42 Å². The third-order valence-electron chi connectivity index (χ3n) is 10.00. The molecule has 0 N–H and O–H groups in total. The minimum atomic E-state index is 0.905. The maximum Gasteiger partial charge on any atom is 0.143 e. The number of furan rings is 1. The smallest absolute Gasteiger partial charge is 0.143 e. The van der Waals surface area contributed by atoms with Crippen molar-refractivity contribution in [1.29, 1.82) is 0 Å². The molecule has 0 spiro atoms. The molecule has 0 fully saturated rings. The van der Waals surface area contributed by atoms with Gasteiger partial charge >= 0.3 is 0 Å². The fourth-order valence-corrected chi connectivity index (χ4v) is 7.58. The second kappa shape index (κ2) is 11.5. The lowest BCUT2D eigenvalue weighted by Gasteiger charge is -2.13. The Hall–Kier alpha value is -6.64. The van der Waals surface area contributed by atoms with Crippen LogP contribution in [0.1, 0.15) is 0 Å². The normalized spacial score (nSPS) is 11.6. The van der Waals surface area contributed by atoms with Crippen molar-refractivity contribution in [2.24, 2.45) is 0 Å². The van der Waals surface area contributed by atoms with Crippen molar-refractivity contribution in [3.8, 4) is 50.2 Å². The molecule has 10 rings (SSSR count). The molecule has 0 aliphatic rings. The van der Waals surface area contributed by atoms with Crippen LogP contribution in [0.5, 0.6) is 0 Å². The molecule has 10 aromatic rings. The van der Waals surface area contributed by atoms with Crippen molar-refractivity contribution in [3.05, 3.63) is 188 Å². The van der Waals surface area contributed by atoms with Crippen molar-refractivity contribution in [1.82, 2.24) is 4.57 Å². The summed E-state index contributed by atoms with van der Waals surface area (Å²) in [7, 11) is 0. The molecule has 0 atom stereocenters. The standard InChI is InChI=1S/C48H31NO/c1-3-12-32(13-4-1)33-22-24-34(25-23-33)36-28-37(30-38(29-36)40-18-11-19-44-43-17-8-10-21-47(43)50-48(40)44)35-26-27-42-41-16-7-9-20-45(41)49(46(42)31-35)39-14-5-2-6-15-39/h1-31H. The SMILES string of the molecule is c1ccc(-c2ccc(-c3cc(-c4ccc5c6ccccc6n(-c6ccccc6)c5c4)cc(-c4cccc5c4oc4ccccc45)c3)cc2)cc1. The van der Waals surface area contributed by atoms with E-state index in [9.17, 15) is 0 Å². The van der Waals surface area contributed by atoms with Crippen molar-refractivity contribution in [2.45, 2.75) is 0 Å². The Morgan fingerprint density at radius 3 is 1.68 bits per heavy atom. The van der Waals surface area contributed by atoms with Gasteiger partial charge in [0.05, 0.1) is 11.0 Å². The molecule has 0 saturated carbocycles. The van der Waals surface area contributed by atoms with E-state index in [-0.39, 0.29) is 0 Å². The Morgan fingerprint density at radius 2 is 0.880 bits per heavy atom. The fourth-order valence-electron chi connectivity index (χ4n) is 7.58. The van der Waals surface area contributed by atoms with E-state index in [0.29, 0.717) is 0 Å². The molecule has 234 valence electrons. The Kier molecular flexibility index (Phi) is 6.53. The predicted molar refractivity (Wildman–Crippen MR) is 210 cm³/mol. The minimum Gasteiger partial charge on any atom is -0.455 e. The van der Waals surface area contributed by atoms with Gasteiger partial charge in [0.15, 0.2) is 0 Å². The van der Waals surface area contributed by atoms with Crippen molar-refractivity contribution < 1.29 is 4.42 Å². The molecule has 2 heterocycles. The molecule has 0 unspecified atom stereocenters. The molecule has 50 heavy (non-hydrogen) atoms. The van der Waals surface area contributed by atoms with Crippen LogP contribution in [0.25, 0.3) is 93.9 Å². The average Bonchev–Trinajstić information content (AvgIpc) is 3.74. The van der Waals surface area contributed by atoms with Crippen molar-refractivity contribution in [2.75, 3.05) is 0 Å². The van der Waals surface area contributed by atoms with E-state index in [1.54, 1.807) is 0 Å². The average molecular weight is 638 g/mol. The van der Waals surface area contributed by atoms with Crippen LogP contribution in [0.4, 0.5) is 0 Å². The molecular formula is C48H31NO. The van der Waals surface area contributed by atoms with Gasteiger partial charge in [0.1, 0.15) is 11.2 Å². The maximum atomic E-state index is 6.55. The van der Waals surface area contributed by atoms with Crippen molar-refractivity contribution in [3.63, 3.8) is 0 Å². The monoisotopic (exact) mass is 637 g/mol. The Morgan fingerprint density at radius 1 is 0.320 bits per heavy atom. The first kappa shape index (κ1) is 28.4. The van der Waals surface area contributed by atoms with Gasteiger partial charge in [0.25, 0.3) is 0 Å². The molecule has 8 aromatic carbocycles. The van der Waals surface area contributed by atoms with E-state index in [0.717, 1.165) is 49.9 Å². The van der Waals surface area contributed by atoms with Crippen LogP contribution in [0.15, 0.2) is 192 Å². The molecule has 0 aliphatic heterocycles. The van der Waals surface area contributed by atoms with E-state index in [1.807, 2.05) is 6.07 Å². The van der Waals surface area contributed by atoms with Crippen LogP contribution >= 0.6 is 0 Å².